The Balaban J connectivity index is 0.000000173. The summed E-state index contributed by atoms with van der Waals surface area (Å²) in [6.45, 7) is 2.45. The van der Waals surface area contributed by atoms with Gasteiger partial charge in [-0.15, -0.1) is 0 Å². The average molecular weight is 974 g/mol. The molecule has 0 radical (unpaired) electrons. The van der Waals surface area contributed by atoms with Crippen molar-refractivity contribution >= 4 is 83.3 Å². The highest BCUT2D eigenvalue weighted by Gasteiger charge is 2.39. The van der Waals surface area contributed by atoms with E-state index in [4.69, 9.17) is 4.74 Å². The van der Waals surface area contributed by atoms with Crippen LogP contribution in [0.25, 0.3) is 50.1 Å². The first-order valence-electron chi connectivity index (χ1n) is 21.4. The van der Waals surface area contributed by atoms with Crippen molar-refractivity contribution < 1.29 is 40.8 Å². The number of azo groups is 1. The topological polar surface area (TPSA) is 182 Å². The maximum atomic E-state index is 13.0. The predicted octanol–water partition coefficient (Wildman–Crippen LogP) is 13.3. The van der Waals surface area contributed by atoms with E-state index in [-0.39, 0.29) is 46.8 Å². The van der Waals surface area contributed by atoms with Crippen LogP contribution in [0.1, 0.15) is 46.5 Å². The molecule has 2 aromatic heterocycles. The second-order valence-electron chi connectivity index (χ2n) is 15.8. The van der Waals surface area contributed by atoms with Crippen molar-refractivity contribution in [3.8, 4) is 21.9 Å². The molecule has 0 fully saturated rings. The van der Waals surface area contributed by atoms with Gasteiger partial charge >= 0.3 is 17.2 Å². The van der Waals surface area contributed by atoms with E-state index in [1.54, 1.807) is 13.0 Å². The lowest BCUT2D eigenvalue weighted by atomic mass is 9.97. The second-order valence-corrected chi connectivity index (χ2v) is 21.2. The molecule has 0 saturated heterocycles. The van der Waals surface area contributed by atoms with E-state index in [0.29, 0.717) is 0 Å². The zero-order valence-electron chi connectivity index (χ0n) is 37.4. The molecule has 2 unspecified atom stereocenters. The number of alkyl halides is 2. The summed E-state index contributed by atoms with van der Waals surface area (Å²) in [5.41, 5.74) is -3.11. The minimum Gasteiger partial charge on any atom is -0.743 e. The van der Waals surface area contributed by atoms with Gasteiger partial charge in [-0.25, -0.2) is 8.42 Å². The number of ether oxygens (including phenoxy) is 2. The Labute approximate surface area is 398 Å². The molecular weight excluding hydrogens is 927 g/mol. The molecule has 6 aromatic carbocycles. The van der Waals surface area contributed by atoms with Crippen molar-refractivity contribution in [2.45, 2.75) is 62.8 Å². The number of carbonyl (C=O) groups is 2. The highest BCUT2D eigenvalue weighted by molar-refractivity contribution is 7.86. The molecule has 8 rings (SSSR count). The Morgan fingerprint density at radius 2 is 0.882 bits per heavy atom. The van der Waals surface area contributed by atoms with Gasteiger partial charge in [-0.05, 0) is 106 Å². The summed E-state index contributed by atoms with van der Waals surface area (Å²) >= 11 is 0. The Hall–Kier alpha value is -6.95. The van der Waals surface area contributed by atoms with Gasteiger partial charge in [0.2, 0.25) is 0 Å². The Morgan fingerprint density at radius 1 is 0.574 bits per heavy atom. The SMILES string of the molecule is CCOC(=O)CCC(C)(C#N)N=NC(C)(C#N)CCC(=O)OCC(F)(F)S(=O)(=O)[O-].c1ccc(-[s+]2c3ccccc3c3ccccc32)cc1.c1ccc(-[s+]2c3ccccc3c3ccccc32)cc1. The van der Waals surface area contributed by atoms with Crippen LogP contribution >= 0.6 is 20.9 Å². The fourth-order valence-electron chi connectivity index (χ4n) is 7.04. The molecular formula is C52H47F2N4O7S3+. The van der Waals surface area contributed by atoms with Crippen LogP contribution in [0.4, 0.5) is 8.78 Å². The van der Waals surface area contributed by atoms with Gasteiger partial charge in [0.05, 0.1) is 18.7 Å². The van der Waals surface area contributed by atoms with Gasteiger partial charge in [0, 0.05) is 55.3 Å². The van der Waals surface area contributed by atoms with Gasteiger partial charge < -0.3 is 14.0 Å². The number of thiophene rings is 2. The molecule has 0 aliphatic carbocycles. The number of fused-ring (bicyclic) bond motifs is 6. The minimum absolute atomic E-state index is 0.0475. The van der Waals surface area contributed by atoms with E-state index in [2.05, 4.69) is 173 Å². The van der Waals surface area contributed by atoms with Crippen LogP contribution in [0, 0.1) is 22.7 Å². The number of nitriles is 2. The molecule has 348 valence electrons. The van der Waals surface area contributed by atoms with Crippen LogP contribution in [0.15, 0.2) is 168 Å². The van der Waals surface area contributed by atoms with Crippen molar-refractivity contribution in [1.82, 2.24) is 0 Å². The van der Waals surface area contributed by atoms with E-state index in [0.717, 1.165) is 0 Å². The Kier molecular flexibility index (Phi) is 16.5. The van der Waals surface area contributed by atoms with Crippen LogP contribution in [0.3, 0.4) is 0 Å². The standard InChI is InChI=1S/2C18H13S.C16H22F2N4O7S/c2*1-2-8-14(9-3-1)19-17-12-6-4-10-15(17)16-11-5-7-13-18(16)19;1-4-28-12(23)5-7-14(2,9-19)21-22-15(3,10-20)8-6-13(24)29-11-16(17,18)30(25,26)27/h2*1-13H;4-8,11H2,1-3H3,(H,25,26,27)/q2*+1;/p-1. The van der Waals surface area contributed by atoms with E-state index in [1.807, 2.05) is 6.07 Å². The molecule has 0 spiro atoms. The van der Waals surface area contributed by atoms with Gasteiger partial charge in [-0.1, -0.05) is 84.9 Å². The van der Waals surface area contributed by atoms with Crippen molar-refractivity contribution in [2.75, 3.05) is 13.2 Å². The lowest BCUT2D eigenvalue weighted by Crippen LogP contribution is -2.35. The summed E-state index contributed by atoms with van der Waals surface area (Å²) in [5, 5.41) is 26.9. The summed E-state index contributed by atoms with van der Waals surface area (Å²) in [6, 6.07) is 60.4. The number of carbonyl (C=O) groups excluding carboxylic acids is 2. The summed E-state index contributed by atoms with van der Waals surface area (Å²) in [4.78, 5) is 25.8. The maximum Gasteiger partial charge on any atom is 0.367 e. The number of esters is 2. The van der Waals surface area contributed by atoms with Gasteiger partial charge in [0.1, 0.15) is 0 Å². The van der Waals surface area contributed by atoms with Crippen LogP contribution in [0.2, 0.25) is 0 Å². The highest BCUT2D eigenvalue weighted by atomic mass is 32.2. The zero-order valence-corrected chi connectivity index (χ0v) is 39.8. The molecule has 0 aliphatic rings. The number of benzene rings is 6. The molecule has 68 heavy (non-hydrogen) atoms. The normalized spacial score (nSPS) is 13.3. The molecule has 0 aliphatic heterocycles. The van der Waals surface area contributed by atoms with Crippen molar-refractivity contribution in [3.63, 3.8) is 0 Å². The zero-order chi connectivity index (χ0) is 49.0. The van der Waals surface area contributed by atoms with Crippen molar-refractivity contribution in [1.29, 1.82) is 10.5 Å². The lowest BCUT2D eigenvalue weighted by molar-refractivity contribution is -0.150. The van der Waals surface area contributed by atoms with Crippen molar-refractivity contribution in [3.05, 3.63) is 158 Å². The third-order valence-corrected chi connectivity index (χ3v) is 16.2. The Bertz CT molecular complexity index is 3020. The van der Waals surface area contributed by atoms with Crippen LogP contribution in [-0.4, -0.2) is 54.5 Å². The maximum absolute atomic E-state index is 13.0. The van der Waals surface area contributed by atoms with Crippen LogP contribution in [0.5, 0.6) is 0 Å². The smallest absolute Gasteiger partial charge is 0.367 e. The van der Waals surface area contributed by atoms with E-state index in [9.17, 15) is 41.9 Å². The van der Waals surface area contributed by atoms with E-state index in [1.165, 1.54) is 64.0 Å². The largest absolute Gasteiger partial charge is 0.743 e. The first kappa shape index (κ1) is 50.5. The van der Waals surface area contributed by atoms with E-state index < -0.39 is 51.4 Å². The molecule has 0 amide bonds. The quantitative estimate of drug-likeness (QED) is 0.0443. The third kappa shape index (κ3) is 12.1. The number of halogens is 2. The molecule has 0 N–H and O–H groups in total. The van der Waals surface area contributed by atoms with Gasteiger partial charge in [-0.3, -0.25) is 9.59 Å². The number of rotatable bonds is 14. The highest BCUT2D eigenvalue weighted by Crippen LogP contribution is 2.49. The summed E-state index contributed by atoms with van der Waals surface area (Å²) < 4.78 is 71.6. The fourth-order valence-corrected chi connectivity index (χ4v) is 12.0. The predicted molar refractivity (Wildman–Crippen MR) is 264 cm³/mol. The summed E-state index contributed by atoms with van der Waals surface area (Å²) in [5.74, 6) is -1.84. The number of hydrogen-bond acceptors (Lipinski definition) is 11. The molecule has 0 saturated carbocycles. The van der Waals surface area contributed by atoms with Crippen LogP contribution < -0.4 is 0 Å². The molecule has 8 aromatic rings. The van der Waals surface area contributed by atoms with E-state index >= 15 is 0 Å². The Morgan fingerprint density at radius 3 is 1.19 bits per heavy atom. The first-order valence-corrected chi connectivity index (χ1v) is 25.3. The summed E-state index contributed by atoms with van der Waals surface area (Å²) in [7, 11) is -5.88. The second kappa shape index (κ2) is 22.2. The monoisotopic (exact) mass is 973 g/mol. The molecule has 0 bridgehead atoms. The first-order chi connectivity index (χ1) is 32.5. The lowest BCUT2D eigenvalue weighted by Gasteiger charge is -2.20. The van der Waals surface area contributed by atoms with Gasteiger partial charge in [-0.2, -0.15) is 29.5 Å². The molecule has 11 nitrogen and oxygen atoms in total. The van der Waals surface area contributed by atoms with Gasteiger partial charge in [0.25, 0.3) is 0 Å². The fraction of sp³-hybridized carbons (Fsp3) is 0.231. The summed E-state index contributed by atoms with van der Waals surface area (Å²) in [6.07, 6.45) is -1.15. The number of hydrogen-bond donors (Lipinski definition) is 0. The third-order valence-electron chi connectivity index (χ3n) is 10.6. The molecule has 16 heteroatoms. The molecule has 2 heterocycles. The van der Waals surface area contributed by atoms with Crippen molar-refractivity contribution in [2.24, 2.45) is 10.2 Å². The van der Waals surface area contributed by atoms with Gasteiger partial charge in [0.15, 0.2) is 56.4 Å². The minimum atomic E-state index is -6.00. The molecule has 2 atom stereocenters. The van der Waals surface area contributed by atoms with Crippen LogP contribution in [-0.2, 0) is 29.2 Å². The number of nitrogens with zero attached hydrogens (tertiary/aromatic N) is 4. The average Bonchev–Trinajstić information content (AvgIpc) is 3.88.